The largest absolute Gasteiger partial charge is 0.332 e. The van der Waals surface area contributed by atoms with Crippen LogP contribution in [0.4, 0.5) is 9.93 Å². The summed E-state index contributed by atoms with van der Waals surface area (Å²) in [6.45, 7) is 8.29. The molecule has 1 aromatic rings. The molecule has 0 aromatic carbocycles. The molecule has 2 rings (SSSR count). The number of carbonyl (C=O) groups excluding carboxylic acids is 1. The fraction of sp³-hybridized carbons (Fsp3) is 0.688. The van der Waals surface area contributed by atoms with Gasteiger partial charge in [0.1, 0.15) is 5.01 Å². The Balaban J connectivity index is 1.87. The molecule has 0 bridgehead atoms. The van der Waals surface area contributed by atoms with E-state index in [0.29, 0.717) is 11.0 Å². The van der Waals surface area contributed by atoms with E-state index in [1.54, 1.807) is 0 Å². The van der Waals surface area contributed by atoms with Crippen LogP contribution >= 0.6 is 11.3 Å². The van der Waals surface area contributed by atoms with Crippen molar-refractivity contribution in [2.45, 2.75) is 52.0 Å². The van der Waals surface area contributed by atoms with Crippen molar-refractivity contribution < 1.29 is 4.79 Å². The predicted octanol–water partition coefficient (Wildman–Crippen LogP) is 3.21. The van der Waals surface area contributed by atoms with Gasteiger partial charge in [0.25, 0.3) is 0 Å². The number of hydrogen-bond donors (Lipinski definition) is 2. The van der Waals surface area contributed by atoms with Crippen molar-refractivity contribution in [2.24, 2.45) is 0 Å². The van der Waals surface area contributed by atoms with Gasteiger partial charge in [-0.1, -0.05) is 31.3 Å². The Hall–Kier alpha value is -1.47. The average Bonchev–Trinajstić information content (AvgIpc) is 2.97. The zero-order chi connectivity index (χ0) is 16.8. The first-order valence-corrected chi connectivity index (χ1v) is 9.13. The second-order valence-electron chi connectivity index (χ2n) is 6.07. The molecule has 0 fully saturated rings. The number of carbonyl (C=O) groups is 1. The van der Waals surface area contributed by atoms with Gasteiger partial charge in [0.15, 0.2) is 0 Å². The van der Waals surface area contributed by atoms with Crippen molar-refractivity contribution in [3.63, 3.8) is 0 Å². The monoisotopic (exact) mass is 337 g/mol. The number of aromatic nitrogens is 2. The molecular formula is C16H27N5OS. The van der Waals surface area contributed by atoms with Gasteiger partial charge in [-0.3, -0.25) is 5.32 Å². The molecule has 128 valence electrons. The van der Waals surface area contributed by atoms with Crippen LogP contribution in [0.15, 0.2) is 11.6 Å². The molecule has 0 radical (unpaired) electrons. The van der Waals surface area contributed by atoms with Crippen LogP contribution in [0.1, 0.15) is 51.0 Å². The van der Waals surface area contributed by atoms with Crippen molar-refractivity contribution in [1.82, 2.24) is 20.4 Å². The normalized spacial score (nSPS) is 17.0. The van der Waals surface area contributed by atoms with Crippen molar-refractivity contribution in [3.05, 3.63) is 16.7 Å². The van der Waals surface area contributed by atoms with E-state index in [1.165, 1.54) is 16.9 Å². The number of likely N-dealkylation sites (N-methyl/N-ethyl adjacent to an activating group) is 1. The minimum absolute atomic E-state index is 0.0372. The molecule has 0 aliphatic carbocycles. The third-order valence-corrected chi connectivity index (χ3v) is 5.35. The van der Waals surface area contributed by atoms with E-state index in [9.17, 15) is 4.79 Å². The van der Waals surface area contributed by atoms with Crippen molar-refractivity contribution in [2.75, 3.05) is 25.5 Å². The highest BCUT2D eigenvalue weighted by Crippen LogP contribution is 2.28. The van der Waals surface area contributed by atoms with Crippen LogP contribution in [0.2, 0.25) is 0 Å². The number of nitrogens with zero attached hydrogens (tertiary/aromatic N) is 3. The van der Waals surface area contributed by atoms with Crippen LogP contribution in [0.3, 0.4) is 0 Å². The highest BCUT2D eigenvalue weighted by molar-refractivity contribution is 7.15. The third kappa shape index (κ3) is 5.00. The van der Waals surface area contributed by atoms with E-state index in [2.05, 4.69) is 52.7 Å². The first-order valence-electron chi connectivity index (χ1n) is 8.31. The summed E-state index contributed by atoms with van der Waals surface area (Å²) in [4.78, 5) is 14.4. The quantitative estimate of drug-likeness (QED) is 0.782. The summed E-state index contributed by atoms with van der Waals surface area (Å²) in [6, 6.07) is -0.181. The van der Waals surface area contributed by atoms with Gasteiger partial charge in [0.05, 0.1) is 0 Å². The lowest BCUT2D eigenvalue weighted by molar-refractivity contribution is 0.249. The van der Waals surface area contributed by atoms with Crippen molar-refractivity contribution >= 4 is 22.5 Å². The maximum absolute atomic E-state index is 12.1. The molecule has 1 atom stereocenters. The molecule has 0 saturated carbocycles. The van der Waals surface area contributed by atoms with E-state index in [-0.39, 0.29) is 12.1 Å². The van der Waals surface area contributed by atoms with E-state index >= 15 is 0 Å². The smallest absolute Gasteiger partial charge is 0.321 e. The molecule has 2 N–H and O–H groups in total. The molecule has 0 spiro atoms. The molecule has 1 aromatic heterocycles. The fourth-order valence-corrected chi connectivity index (χ4v) is 3.70. The number of rotatable bonds is 6. The summed E-state index contributed by atoms with van der Waals surface area (Å²) in [7, 11) is 2.10. The highest BCUT2D eigenvalue weighted by Gasteiger charge is 2.18. The molecular weight excluding hydrogens is 310 g/mol. The highest BCUT2D eigenvalue weighted by atomic mass is 32.1. The second kappa shape index (κ2) is 8.40. The van der Waals surface area contributed by atoms with Crippen LogP contribution in [0.25, 0.3) is 0 Å². The summed E-state index contributed by atoms with van der Waals surface area (Å²) in [5.74, 6) is 0.425. The molecule has 1 aliphatic rings. The Morgan fingerprint density at radius 2 is 2.13 bits per heavy atom. The van der Waals surface area contributed by atoms with Crippen LogP contribution in [-0.2, 0) is 0 Å². The second-order valence-corrected chi connectivity index (χ2v) is 7.08. The molecule has 7 heteroatoms. The van der Waals surface area contributed by atoms with Crippen LogP contribution in [0, 0.1) is 0 Å². The maximum atomic E-state index is 12.1. The summed E-state index contributed by atoms with van der Waals surface area (Å²) >= 11 is 1.47. The summed E-state index contributed by atoms with van der Waals surface area (Å²) < 4.78 is 0. The van der Waals surface area contributed by atoms with Gasteiger partial charge in [-0.15, -0.1) is 10.2 Å². The van der Waals surface area contributed by atoms with Crippen LogP contribution in [-0.4, -0.2) is 47.3 Å². The molecule has 2 amide bonds. The van der Waals surface area contributed by atoms with Gasteiger partial charge < -0.3 is 10.2 Å². The molecule has 1 aliphatic heterocycles. The Bertz CT molecular complexity index is 552. The number of anilines is 1. The standard InChI is InChI=1S/C16H27N5OS/c1-5-12(6-2)14-19-20-16(23-14)18-15(22)17-11(3)13-7-9-21(4)10-8-13/h7,11-12H,5-6,8-10H2,1-4H3,(H2,17,18,20,22). The summed E-state index contributed by atoms with van der Waals surface area (Å²) in [5.41, 5.74) is 1.29. The Labute approximate surface area is 142 Å². The lowest BCUT2D eigenvalue weighted by atomic mass is 10.0. The SMILES string of the molecule is CCC(CC)c1nnc(NC(=O)NC(C)C2=CCN(C)CC2)s1. The Morgan fingerprint density at radius 3 is 2.74 bits per heavy atom. The number of urea groups is 1. The van der Waals surface area contributed by atoms with Gasteiger partial charge in [0, 0.05) is 25.0 Å². The van der Waals surface area contributed by atoms with E-state index in [0.717, 1.165) is 37.4 Å². The van der Waals surface area contributed by atoms with Gasteiger partial charge in [-0.2, -0.15) is 0 Å². The molecule has 1 unspecified atom stereocenters. The number of hydrogen-bond acceptors (Lipinski definition) is 5. The summed E-state index contributed by atoms with van der Waals surface area (Å²) in [5, 5.41) is 15.6. The minimum atomic E-state index is -0.218. The third-order valence-electron chi connectivity index (χ3n) is 4.35. The van der Waals surface area contributed by atoms with Gasteiger partial charge in [-0.25, -0.2) is 4.79 Å². The lowest BCUT2D eigenvalue weighted by Crippen LogP contribution is -2.39. The van der Waals surface area contributed by atoms with Crippen molar-refractivity contribution in [3.8, 4) is 0 Å². The average molecular weight is 337 g/mol. The van der Waals surface area contributed by atoms with E-state index in [4.69, 9.17) is 0 Å². The van der Waals surface area contributed by atoms with Crippen LogP contribution in [0.5, 0.6) is 0 Å². The lowest BCUT2D eigenvalue weighted by Gasteiger charge is -2.25. The first kappa shape index (κ1) is 17.9. The first-order chi connectivity index (χ1) is 11.0. The molecule has 0 saturated heterocycles. The zero-order valence-electron chi connectivity index (χ0n) is 14.4. The maximum Gasteiger partial charge on any atom is 0.321 e. The fourth-order valence-electron chi connectivity index (χ4n) is 2.69. The van der Waals surface area contributed by atoms with Gasteiger partial charge in [0.2, 0.25) is 5.13 Å². The van der Waals surface area contributed by atoms with E-state index in [1.807, 2.05) is 6.92 Å². The molecule has 2 heterocycles. The summed E-state index contributed by atoms with van der Waals surface area (Å²) in [6.07, 6.45) is 5.27. The van der Waals surface area contributed by atoms with Gasteiger partial charge in [-0.05, 0) is 38.8 Å². The topological polar surface area (TPSA) is 70.1 Å². The van der Waals surface area contributed by atoms with Gasteiger partial charge >= 0.3 is 6.03 Å². The predicted molar refractivity (Wildman–Crippen MR) is 95.0 cm³/mol. The number of nitrogens with one attached hydrogen (secondary N) is 2. The minimum Gasteiger partial charge on any atom is -0.332 e. The van der Waals surface area contributed by atoms with Crippen molar-refractivity contribution in [1.29, 1.82) is 0 Å². The Kier molecular flexibility index (Phi) is 6.53. The van der Waals surface area contributed by atoms with Crippen LogP contribution < -0.4 is 10.6 Å². The number of amides is 2. The van der Waals surface area contributed by atoms with E-state index < -0.39 is 0 Å². The molecule has 23 heavy (non-hydrogen) atoms. The zero-order valence-corrected chi connectivity index (χ0v) is 15.2. The molecule has 6 nitrogen and oxygen atoms in total. The Morgan fingerprint density at radius 1 is 1.39 bits per heavy atom.